The van der Waals surface area contributed by atoms with E-state index >= 15 is 0 Å². The zero-order valence-electron chi connectivity index (χ0n) is 13.9. The number of nitrogens with zero attached hydrogens (tertiary/aromatic N) is 4. The van der Waals surface area contributed by atoms with Crippen molar-refractivity contribution in [1.82, 2.24) is 14.8 Å². The molecule has 1 aromatic carbocycles. The number of rotatable bonds is 4. The summed E-state index contributed by atoms with van der Waals surface area (Å²) in [6.07, 6.45) is 1.07. The minimum Gasteiger partial charge on any atom is -0.380 e. The van der Waals surface area contributed by atoms with E-state index in [-0.39, 0.29) is 0 Å². The van der Waals surface area contributed by atoms with Crippen LogP contribution in [0.1, 0.15) is 12.0 Å². The number of anilines is 1. The van der Waals surface area contributed by atoms with Crippen LogP contribution in [0.3, 0.4) is 0 Å². The second-order valence-electron chi connectivity index (χ2n) is 6.16. The molecule has 1 aromatic heterocycles. The van der Waals surface area contributed by atoms with E-state index in [0.29, 0.717) is 5.25 Å². The SMILES string of the molecule is Cc1cccc(-n2c(S[C@H]3CCOC3)nnc2N2CCOCC2)c1. The van der Waals surface area contributed by atoms with Gasteiger partial charge >= 0.3 is 0 Å². The lowest BCUT2D eigenvalue weighted by molar-refractivity contribution is 0.122. The third kappa shape index (κ3) is 3.29. The summed E-state index contributed by atoms with van der Waals surface area (Å²) in [5.41, 5.74) is 2.34. The normalized spacial score (nSPS) is 21.4. The van der Waals surface area contributed by atoms with E-state index in [2.05, 4.69) is 50.9 Å². The molecular weight excluding hydrogens is 324 g/mol. The molecule has 0 radical (unpaired) electrons. The Balaban J connectivity index is 1.71. The Kier molecular flexibility index (Phi) is 4.73. The Bertz CT molecular complexity index is 694. The summed E-state index contributed by atoms with van der Waals surface area (Å²) in [4.78, 5) is 2.26. The molecule has 0 saturated carbocycles. The van der Waals surface area contributed by atoms with Crippen molar-refractivity contribution in [3.8, 4) is 5.69 Å². The number of hydrogen-bond donors (Lipinski definition) is 0. The third-order valence-corrected chi connectivity index (χ3v) is 5.51. The summed E-state index contributed by atoms with van der Waals surface area (Å²) in [6.45, 7) is 6.91. The first-order valence-corrected chi connectivity index (χ1v) is 9.29. The summed E-state index contributed by atoms with van der Waals surface area (Å²) in [5.74, 6) is 0.908. The molecular formula is C17H22N4O2S. The number of morpholine rings is 1. The van der Waals surface area contributed by atoms with E-state index in [1.54, 1.807) is 11.8 Å². The van der Waals surface area contributed by atoms with Crippen LogP contribution in [0.15, 0.2) is 29.4 Å². The van der Waals surface area contributed by atoms with E-state index in [1.807, 2.05) is 0 Å². The van der Waals surface area contributed by atoms with Crippen LogP contribution in [-0.4, -0.2) is 59.5 Å². The Morgan fingerprint density at radius 3 is 2.75 bits per heavy atom. The first-order chi connectivity index (χ1) is 11.8. The zero-order valence-corrected chi connectivity index (χ0v) is 14.7. The van der Waals surface area contributed by atoms with Crippen LogP contribution < -0.4 is 4.90 Å². The Morgan fingerprint density at radius 2 is 2.00 bits per heavy atom. The maximum atomic E-state index is 5.51. The second-order valence-corrected chi connectivity index (χ2v) is 7.43. The molecule has 0 aliphatic carbocycles. The minimum atomic E-state index is 0.454. The van der Waals surface area contributed by atoms with Crippen molar-refractivity contribution in [2.24, 2.45) is 0 Å². The second kappa shape index (κ2) is 7.13. The van der Waals surface area contributed by atoms with Gasteiger partial charge < -0.3 is 14.4 Å². The summed E-state index contributed by atoms with van der Waals surface area (Å²) < 4.78 is 13.2. The molecule has 2 fully saturated rings. The fourth-order valence-electron chi connectivity index (χ4n) is 3.05. The molecule has 0 bridgehead atoms. The molecule has 3 heterocycles. The highest BCUT2D eigenvalue weighted by molar-refractivity contribution is 7.99. The van der Waals surface area contributed by atoms with Gasteiger partial charge in [0.15, 0.2) is 5.16 Å². The van der Waals surface area contributed by atoms with Gasteiger partial charge in [0, 0.05) is 24.9 Å². The molecule has 24 heavy (non-hydrogen) atoms. The van der Waals surface area contributed by atoms with E-state index in [0.717, 1.165) is 62.7 Å². The third-order valence-electron chi connectivity index (χ3n) is 4.33. The highest BCUT2D eigenvalue weighted by Gasteiger charge is 2.25. The number of aryl methyl sites for hydroxylation is 1. The standard InChI is InChI=1S/C17H22N4O2S/c1-13-3-2-4-14(11-13)21-16(20-6-9-22-10-7-20)18-19-17(21)24-15-5-8-23-12-15/h2-4,11,15H,5-10,12H2,1H3/t15-/m0/s1. The van der Waals surface area contributed by atoms with Crippen molar-refractivity contribution >= 4 is 17.7 Å². The molecule has 0 spiro atoms. The average Bonchev–Trinajstić information content (AvgIpc) is 3.26. The number of thioether (sulfide) groups is 1. The lowest BCUT2D eigenvalue weighted by atomic mass is 10.2. The molecule has 6 nitrogen and oxygen atoms in total. The molecule has 2 aliphatic rings. The number of aromatic nitrogens is 3. The molecule has 1 atom stereocenters. The van der Waals surface area contributed by atoms with E-state index < -0.39 is 0 Å². The van der Waals surface area contributed by atoms with Crippen LogP contribution in [0.5, 0.6) is 0 Å². The van der Waals surface area contributed by atoms with Gasteiger partial charge in [0.05, 0.1) is 25.5 Å². The summed E-state index contributed by atoms with van der Waals surface area (Å²) in [7, 11) is 0. The average molecular weight is 346 g/mol. The number of hydrogen-bond acceptors (Lipinski definition) is 6. The molecule has 0 amide bonds. The molecule has 7 heteroatoms. The Morgan fingerprint density at radius 1 is 1.12 bits per heavy atom. The van der Waals surface area contributed by atoms with Crippen LogP contribution in [-0.2, 0) is 9.47 Å². The van der Waals surface area contributed by atoms with Gasteiger partial charge in [-0.25, -0.2) is 0 Å². The number of benzene rings is 1. The van der Waals surface area contributed by atoms with Crippen LogP contribution in [0.4, 0.5) is 5.95 Å². The van der Waals surface area contributed by atoms with Gasteiger partial charge in [0.2, 0.25) is 5.95 Å². The van der Waals surface area contributed by atoms with Gasteiger partial charge in [-0.05, 0) is 31.0 Å². The molecule has 2 saturated heterocycles. The molecule has 4 rings (SSSR count). The lowest BCUT2D eigenvalue weighted by Crippen LogP contribution is -2.37. The highest BCUT2D eigenvalue weighted by Crippen LogP contribution is 2.32. The number of ether oxygens (including phenoxy) is 2. The van der Waals surface area contributed by atoms with E-state index in [4.69, 9.17) is 9.47 Å². The largest absolute Gasteiger partial charge is 0.380 e. The van der Waals surface area contributed by atoms with Crippen molar-refractivity contribution in [2.75, 3.05) is 44.4 Å². The van der Waals surface area contributed by atoms with Crippen molar-refractivity contribution < 1.29 is 9.47 Å². The fourth-order valence-corrected chi connectivity index (χ4v) is 4.11. The van der Waals surface area contributed by atoms with E-state index in [1.165, 1.54) is 5.56 Å². The maximum absolute atomic E-state index is 5.51. The van der Waals surface area contributed by atoms with Crippen molar-refractivity contribution in [2.45, 2.75) is 23.8 Å². The monoisotopic (exact) mass is 346 g/mol. The molecule has 2 aliphatic heterocycles. The van der Waals surface area contributed by atoms with Gasteiger partial charge in [-0.1, -0.05) is 23.9 Å². The molecule has 0 N–H and O–H groups in total. The van der Waals surface area contributed by atoms with Gasteiger partial charge in [-0.15, -0.1) is 10.2 Å². The Labute approximate surface area is 146 Å². The maximum Gasteiger partial charge on any atom is 0.232 e. The zero-order chi connectivity index (χ0) is 16.4. The van der Waals surface area contributed by atoms with Crippen LogP contribution in [0, 0.1) is 6.92 Å². The predicted molar refractivity (Wildman–Crippen MR) is 94.2 cm³/mol. The highest BCUT2D eigenvalue weighted by atomic mass is 32.2. The van der Waals surface area contributed by atoms with Crippen molar-refractivity contribution in [3.63, 3.8) is 0 Å². The summed E-state index contributed by atoms with van der Waals surface area (Å²) >= 11 is 1.77. The molecule has 128 valence electrons. The molecule has 2 aromatic rings. The van der Waals surface area contributed by atoms with Gasteiger partial charge in [-0.3, -0.25) is 4.57 Å². The van der Waals surface area contributed by atoms with Gasteiger partial charge in [0.1, 0.15) is 0 Å². The predicted octanol–water partition coefficient (Wildman–Crippen LogP) is 2.29. The topological polar surface area (TPSA) is 52.4 Å². The van der Waals surface area contributed by atoms with Crippen LogP contribution >= 0.6 is 11.8 Å². The summed E-state index contributed by atoms with van der Waals surface area (Å²) in [6, 6.07) is 8.50. The first kappa shape index (κ1) is 15.9. The van der Waals surface area contributed by atoms with Crippen LogP contribution in [0.25, 0.3) is 5.69 Å². The molecule has 0 unspecified atom stereocenters. The van der Waals surface area contributed by atoms with Gasteiger partial charge in [-0.2, -0.15) is 0 Å². The Hall–Kier alpha value is -1.57. The summed E-state index contributed by atoms with van der Waals surface area (Å²) in [5, 5.41) is 10.4. The minimum absolute atomic E-state index is 0.454. The lowest BCUT2D eigenvalue weighted by Gasteiger charge is -2.28. The van der Waals surface area contributed by atoms with Gasteiger partial charge in [0.25, 0.3) is 0 Å². The smallest absolute Gasteiger partial charge is 0.232 e. The van der Waals surface area contributed by atoms with Crippen molar-refractivity contribution in [3.05, 3.63) is 29.8 Å². The fraction of sp³-hybridized carbons (Fsp3) is 0.529. The van der Waals surface area contributed by atoms with Crippen LogP contribution in [0.2, 0.25) is 0 Å². The first-order valence-electron chi connectivity index (χ1n) is 8.41. The quantitative estimate of drug-likeness (QED) is 0.847. The van der Waals surface area contributed by atoms with Crippen molar-refractivity contribution in [1.29, 1.82) is 0 Å². The van der Waals surface area contributed by atoms with E-state index in [9.17, 15) is 0 Å².